The number of carbonyl (C=O) groups excluding carboxylic acids is 1. The van der Waals surface area contributed by atoms with E-state index in [1.165, 1.54) is 59.2 Å². The smallest absolute Gasteiger partial charge is 0.283 e. The molecule has 228 valence electrons. The summed E-state index contributed by atoms with van der Waals surface area (Å²) in [7, 11) is 1.51. The van der Waals surface area contributed by atoms with Gasteiger partial charge in [-0.1, -0.05) is 90.7 Å². The number of likely N-dealkylation sites (tertiary alicyclic amines) is 1. The van der Waals surface area contributed by atoms with E-state index in [0.29, 0.717) is 11.5 Å². The number of nitrogens with zero attached hydrogens (tertiary/aromatic N) is 2. The normalized spacial score (nSPS) is 14.4. The molecule has 1 N–H and O–H groups in total. The third-order valence-corrected chi connectivity index (χ3v) is 7.98. The van der Waals surface area contributed by atoms with Gasteiger partial charge in [0.1, 0.15) is 5.82 Å². The van der Waals surface area contributed by atoms with Crippen LogP contribution in [0.25, 0.3) is 0 Å². The van der Waals surface area contributed by atoms with Crippen molar-refractivity contribution < 1.29 is 18.0 Å². The summed E-state index contributed by atoms with van der Waals surface area (Å²) in [5.41, 5.74) is 1.08. The number of carbonyl (C=O) groups is 1. The van der Waals surface area contributed by atoms with Gasteiger partial charge in [-0.25, -0.2) is 4.39 Å². The number of pyridine rings is 1. The molecule has 4 nitrogen and oxygen atoms in total. The van der Waals surface area contributed by atoms with Crippen molar-refractivity contribution in [3.63, 3.8) is 0 Å². The summed E-state index contributed by atoms with van der Waals surface area (Å²) in [6, 6.07) is 16.9. The van der Waals surface area contributed by atoms with Crippen molar-refractivity contribution >= 4 is 15.1 Å². The Morgan fingerprint density at radius 3 is 2.21 bits per heavy atom. The van der Waals surface area contributed by atoms with E-state index in [4.69, 9.17) is 0 Å². The first kappa shape index (κ1) is 33.7. The molecular formula is C34H45F3N3OP. The molecule has 2 aromatic carbocycles. The zero-order valence-electron chi connectivity index (χ0n) is 25.1. The number of halogens is 3. The molecule has 1 aromatic heterocycles. The lowest BCUT2D eigenvalue weighted by Crippen LogP contribution is -2.44. The molecule has 3 aromatic rings. The zero-order valence-corrected chi connectivity index (χ0v) is 26.2. The Morgan fingerprint density at radius 1 is 1.02 bits per heavy atom. The van der Waals surface area contributed by atoms with E-state index in [9.17, 15) is 18.0 Å². The molecule has 0 bridgehead atoms. The van der Waals surface area contributed by atoms with Gasteiger partial charge in [-0.2, -0.15) is 8.78 Å². The van der Waals surface area contributed by atoms with Crippen LogP contribution in [0, 0.1) is 18.7 Å². The maximum Gasteiger partial charge on any atom is 0.283 e. The van der Waals surface area contributed by atoms with Crippen LogP contribution in [0.5, 0.6) is 0 Å². The van der Waals surface area contributed by atoms with Gasteiger partial charge in [0.05, 0.1) is 0 Å². The van der Waals surface area contributed by atoms with Gasteiger partial charge in [0.2, 0.25) is 0 Å². The van der Waals surface area contributed by atoms with Gasteiger partial charge in [0.25, 0.3) is 11.6 Å². The SMILES string of the molecule is CCCC(CCC)Cc1cc(C(=O)NC2CCN(Cc3ccc(F)cc3)CC2)ccn1.Cc1ccc(C(F)(F)P)cc1. The van der Waals surface area contributed by atoms with Crippen molar-refractivity contribution in [1.82, 2.24) is 15.2 Å². The molecule has 1 fully saturated rings. The molecule has 42 heavy (non-hydrogen) atoms. The van der Waals surface area contributed by atoms with Gasteiger partial charge >= 0.3 is 0 Å². The van der Waals surface area contributed by atoms with Crippen LogP contribution in [0.3, 0.4) is 0 Å². The average Bonchev–Trinajstić information content (AvgIpc) is 2.96. The van der Waals surface area contributed by atoms with Gasteiger partial charge in [-0.15, -0.1) is 0 Å². The molecule has 4 rings (SSSR count). The summed E-state index contributed by atoms with van der Waals surface area (Å²) in [5.74, 6) is 0.449. The lowest BCUT2D eigenvalue weighted by molar-refractivity contribution is 0.0908. The molecule has 1 aliphatic rings. The monoisotopic (exact) mass is 599 g/mol. The number of aryl methyl sites for hydroxylation is 1. The highest BCUT2D eigenvalue weighted by molar-refractivity contribution is 7.17. The molecular weight excluding hydrogens is 554 g/mol. The maximum atomic E-state index is 13.1. The van der Waals surface area contributed by atoms with Crippen molar-refractivity contribution in [1.29, 1.82) is 0 Å². The van der Waals surface area contributed by atoms with Crippen LogP contribution in [-0.4, -0.2) is 34.9 Å². The lowest BCUT2D eigenvalue weighted by atomic mass is 9.93. The Kier molecular flexibility index (Phi) is 13.5. The first-order valence-electron chi connectivity index (χ1n) is 15.0. The van der Waals surface area contributed by atoms with Gasteiger partial charge in [0.15, 0.2) is 0 Å². The van der Waals surface area contributed by atoms with E-state index in [0.717, 1.165) is 55.7 Å². The molecule has 2 heterocycles. The molecule has 1 atom stereocenters. The molecule has 8 heteroatoms. The summed E-state index contributed by atoms with van der Waals surface area (Å²) >= 11 is 0. The fourth-order valence-corrected chi connectivity index (χ4v) is 5.51. The second kappa shape index (κ2) is 16.8. The second-order valence-corrected chi connectivity index (χ2v) is 12.0. The second-order valence-electron chi connectivity index (χ2n) is 11.3. The minimum absolute atomic E-state index is 0.00293. The predicted molar refractivity (Wildman–Crippen MR) is 168 cm³/mol. The molecule has 1 aliphatic heterocycles. The minimum atomic E-state index is -2.80. The summed E-state index contributed by atoms with van der Waals surface area (Å²) in [6.07, 6.45) is 9.37. The molecule has 0 saturated carbocycles. The van der Waals surface area contributed by atoms with Crippen molar-refractivity contribution in [3.8, 4) is 0 Å². The Balaban J connectivity index is 0.000000369. The summed E-state index contributed by atoms with van der Waals surface area (Å²) in [4.78, 5) is 19.7. The third kappa shape index (κ3) is 11.5. The number of rotatable bonds is 11. The van der Waals surface area contributed by atoms with E-state index in [1.54, 1.807) is 18.3 Å². The van der Waals surface area contributed by atoms with Gasteiger partial charge in [-0.05, 0) is 61.9 Å². The fourth-order valence-electron chi connectivity index (χ4n) is 5.32. The zero-order chi connectivity index (χ0) is 30.5. The first-order valence-corrected chi connectivity index (χ1v) is 15.6. The van der Waals surface area contributed by atoms with Crippen LogP contribution < -0.4 is 5.32 Å². The number of piperidine rings is 1. The Labute approximate surface area is 251 Å². The van der Waals surface area contributed by atoms with E-state index >= 15 is 0 Å². The molecule has 0 aliphatic carbocycles. The molecule has 0 spiro atoms. The van der Waals surface area contributed by atoms with Gasteiger partial charge < -0.3 is 5.32 Å². The van der Waals surface area contributed by atoms with Crippen molar-refractivity contribution in [2.45, 2.75) is 84.0 Å². The van der Waals surface area contributed by atoms with Crippen molar-refractivity contribution in [3.05, 3.63) is 101 Å². The van der Waals surface area contributed by atoms with Crippen molar-refractivity contribution in [2.75, 3.05) is 13.1 Å². The fraction of sp³-hybridized carbons (Fsp3) is 0.471. The van der Waals surface area contributed by atoms with Crippen LogP contribution in [0.2, 0.25) is 0 Å². The predicted octanol–water partition coefficient (Wildman–Crippen LogP) is 8.29. The van der Waals surface area contributed by atoms with Crippen molar-refractivity contribution in [2.24, 2.45) is 5.92 Å². The van der Waals surface area contributed by atoms with E-state index < -0.39 is 5.66 Å². The standard InChI is InChI=1S/C26H36FN3O.C8H9F2P/c1-3-5-20(6-4-2)17-25-18-22(11-14-28-25)26(31)29-24-12-15-30(16-13-24)19-21-7-9-23(27)10-8-21;1-6-2-4-7(5-3-6)8(9,10)11/h7-11,14,18,20,24H,3-6,12-13,15-17,19H2,1-2H3,(H,29,31);2-5H,11H2,1H3. The maximum absolute atomic E-state index is 13.1. The van der Waals surface area contributed by atoms with E-state index in [1.807, 2.05) is 31.2 Å². The van der Waals surface area contributed by atoms with E-state index in [-0.39, 0.29) is 23.3 Å². The van der Waals surface area contributed by atoms with E-state index in [2.05, 4.69) is 29.0 Å². The first-order chi connectivity index (χ1) is 20.1. The highest BCUT2D eigenvalue weighted by Crippen LogP contribution is 2.34. The largest absolute Gasteiger partial charge is 0.349 e. The molecule has 1 saturated heterocycles. The van der Waals surface area contributed by atoms with Crippen LogP contribution in [0.15, 0.2) is 66.9 Å². The average molecular weight is 600 g/mol. The third-order valence-electron chi connectivity index (χ3n) is 7.65. The van der Waals surface area contributed by atoms with Gasteiger partial charge in [-0.3, -0.25) is 14.7 Å². The number of hydrogen-bond donors (Lipinski definition) is 1. The van der Waals surface area contributed by atoms with Crippen LogP contribution in [0.4, 0.5) is 13.2 Å². The minimum Gasteiger partial charge on any atom is -0.349 e. The van der Waals surface area contributed by atoms with Crippen LogP contribution >= 0.6 is 9.24 Å². The summed E-state index contributed by atoms with van der Waals surface area (Å²) in [6.45, 7) is 9.01. The number of alkyl halides is 2. The van der Waals surface area contributed by atoms with Crippen LogP contribution in [0.1, 0.15) is 85.1 Å². The number of nitrogens with one attached hydrogen (secondary N) is 1. The summed E-state index contributed by atoms with van der Waals surface area (Å²) in [5, 5.41) is 3.21. The Morgan fingerprint density at radius 2 is 1.64 bits per heavy atom. The topological polar surface area (TPSA) is 45.2 Å². The number of benzene rings is 2. The highest BCUT2D eigenvalue weighted by atomic mass is 31.0. The highest BCUT2D eigenvalue weighted by Gasteiger charge is 2.24. The number of aromatic nitrogens is 1. The van der Waals surface area contributed by atoms with Gasteiger partial charge in [0, 0.05) is 48.7 Å². The molecule has 0 radical (unpaired) electrons. The lowest BCUT2D eigenvalue weighted by Gasteiger charge is -2.32. The Bertz CT molecular complexity index is 1220. The molecule has 1 unspecified atom stereocenters. The quantitative estimate of drug-likeness (QED) is 0.226. The summed E-state index contributed by atoms with van der Waals surface area (Å²) < 4.78 is 38.2. The molecule has 1 amide bonds. The Hall–Kier alpha value is -2.76. The number of hydrogen-bond acceptors (Lipinski definition) is 3. The number of amides is 1. The van der Waals surface area contributed by atoms with Crippen LogP contribution in [-0.2, 0) is 18.6 Å².